The molecule has 0 fully saturated rings. The SMILES string of the molecule is COc1ccc(NC(=O)NCCC(C)C)cc1F. The second-order valence-corrected chi connectivity index (χ2v) is 4.41. The Balaban J connectivity index is 2.47. The number of nitrogens with one attached hydrogen (secondary N) is 2. The Bertz CT molecular complexity index is 408. The van der Waals surface area contributed by atoms with E-state index in [1.54, 1.807) is 6.07 Å². The van der Waals surface area contributed by atoms with Gasteiger partial charge in [-0.1, -0.05) is 13.8 Å². The van der Waals surface area contributed by atoms with Crippen LogP contribution in [0, 0.1) is 11.7 Å². The number of hydrogen-bond donors (Lipinski definition) is 2. The lowest BCUT2D eigenvalue weighted by Crippen LogP contribution is -2.30. The molecule has 0 unspecified atom stereocenters. The monoisotopic (exact) mass is 254 g/mol. The first-order valence-corrected chi connectivity index (χ1v) is 5.91. The maximum absolute atomic E-state index is 13.4. The largest absolute Gasteiger partial charge is 0.494 e. The number of methoxy groups -OCH3 is 1. The molecule has 0 aliphatic rings. The van der Waals surface area contributed by atoms with Crippen LogP contribution in [0.3, 0.4) is 0 Å². The summed E-state index contributed by atoms with van der Waals surface area (Å²) in [4.78, 5) is 11.5. The smallest absolute Gasteiger partial charge is 0.319 e. The molecule has 2 N–H and O–H groups in total. The van der Waals surface area contributed by atoms with Crippen molar-refractivity contribution in [1.82, 2.24) is 5.32 Å². The van der Waals surface area contributed by atoms with Gasteiger partial charge in [-0.25, -0.2) is 9.18 Å². The van der Waals surface area contributed by atoms with Crippen LogP contribution in [0.1, 0.15) is 20.3 Å². The molecule has 0 heterocycles. The molecule has 0 saturated heterocycles. The predicted molar refractivity (Wildman–Crippen MR) is 69.4 cm³/mol. The zero-order chi connectivity index (χ0) is 13.5. The van der Waals surface area contributed by atoms with Crippen LogP contribution < -0.4 is 15.4 Å². The van der Waals surface area contributed by atoms with E-state index in [2.05, 4.69) is 24.5 Å². The van der Waals surface area contributed by atoms with Crippen molar-refractivity contribution in [2.75, 3.05) is 19.0 Å². The van der Waals surface area contributed by atoms with Crippen LogP contribution in [0.2, 0.25) is 0 Å². The van der Waals surface area contributed by atoms with Crippen molar-refractivity contribution in [2.24, 2.45) is 5.92 Å². The Morgan fingerprint density at radius 2 is 2.17 bits per heavy atom. The number of benzene rings is 1. The predicted octanol–water partition coefficient (Wildman–Crippen LogP) is 3.00. The molecule has 0 aromatic heterocycles. The third-order valence-electron chi connectivity index (χ3n) is 2.42. The Labute approximate surface area is 107 Å². The topological polar surface area (TPSA) is 50.4 Å². The van der Waals surface area contributed by atoms with Crippen LogP contribution in [-0.2, 0) is 0 Å². The number of urea groups is 1. The summed E-state index contributed by atoms with van der Waals surface area (Å²) in [7, 11) is 1.39. The van der Waals surface area contributed by atoms with E-state index in [0.717, 1.165) is 6.42 Å². The lowest BCUT2D eigenvalue weighted by molar-refractivity contribution is 0.251. The number of hydrogen-bond acceptors (Lipinski definition) is 2. The third kappa shape index (κ3) is 4.61. The summed E-state index contributed by atoms with van der Waals surface area (Å²) in [5.74, 6) is 0.182. The van der Waals surface area contributed by atoms with Gasteiger partial charge in [-0.15, -0.1) is 0 Å². The van der Waals surface area contributed by atoms with Gasteiger partial charge in [0, 0.05) is 18.3 Å². The van der Waals surface area contributed by atoms with E-state index in [1.807, 2.05) is 0 Å². The lowest BCUT2D eigenvalue weighted by atomic mass is 10.1. The molecule has 0 atom stereocenters. The number of carbonyl (C=O) groups excluding carboxylic acids is 1. The Kier molecular flexibility index (Phi) is 5.42. The fraction of sp³-hybridized carbons (Fsp3) is 0.462. The fourth-order valence-corrected chi connectivity index (χ4v) is 1.39. The van der Waals surface area contributed by atoms with Crippen LogP contribution >= 0.6 is 0 Å². The van der Waals surface area contributed by atoms with Crippen molar-refractivity contribution in [3.05, 3.63) is 24.0 Å². The minimum atomic E-state index is -0.502. The van der Waals surface area contributed by atoms with Gasteiger partial charge in [-0.05, 0) is 24.5 Å². The molecular formula is C13H19FN2O2. The van der Waals surface area contributed by atoms with Gasteiger partial charge in [0.1, 0.15) is 0 Å². The number of carbonyl (C=O) groups is 1. The average Bonchev–Trinajstić information content (AvgIpc) is 2.28. The number of anilines is 1. The van der Waals surface area contributed by atoms with Crippen LogP contribution in [0.15, 0.2) is 18.2 Å². The fourth-order valence-electron chi connectivity index (χ4n) is 1.39. The van der Waals surface area contributed by atoms with Gasteiger partial charge in [0.15, 0.2) is 11.6 Å². The maximum Gasteiger partial charge on any atom is 0.319 e. The van der Waals surface area contributed by atoms with Gasteiger partial charge in [-0.2, -0.15) is 0 Å². The van der Waals surface area contributed by atoms with Crippen LogP contribution in [0.25, 0.3) is 0 Å². The van der Waals surface area contributed by atoms with Crippen molar-refractivity contribution in [3.63, 3.8) is 0 Å². The van der Waals surface area contributed by atoms with Crippen LogP contribution in [0.5, 0.6) is 5.75 Å². The van der Waals surface area contributed by atoms with Crippen molar-refractivity contribution in [2.45, 2.75) is 20.3 Å². The summed E-state index contributed by atoms with van der Waals surface area (Å²) in [5, 5.41) is 5.27. The molecule has 2 amide bonds. The van der Waals surface area contributed by atoms with Crippen molar-refractivity contribution in [3.8, 4) is 5.75 Å². The minimum absolute atomic E-state index is 0.153. The standard InChI is InChI=1S/C13H19FN2O2/c1-9(2)6-7-15-13(17)16-10-4-5-12(18-3)11(14)8-10/h4-5,8-9H,6-7H2,1-3H3,(H2,15,16,17). The highest BCUT2D eigenvalue weighted by Crippen LogP contribution is 2.20. The number of ether oxygens (including phenoxy) is 1. The first-order chi connectivity index (χ1) is 8.52. The molecule has 0 radical (unpaired) electrons. The molecule has 4 nitrogen and oxygen atoms in total. The molecule has 1 aromatic carbocycles. The molecule has 0 aliphatic heterocycles. The van der Waals surface area contributed by atoms with Gasteiger partial charge < -0.3 is 15.4 Å². The van der Waals surface area contributed by atoms with Crippen LogP contribution in [0.4, 0.5) is 14.9 Å². The first-order valence-electron chi connectivity index (χ1n) is 5.91. The third-order valence-corrected chi connectivity index (χ3v) is 2.42. The van der Waals surface area contributed by atoms with Crippen molar-refractivity contribution < 1.29 is 13.9 Å². The molecule has 18 heavy (non-hydrogen) atoms. The van der Waals surface area contributed by atoms with Crippen molar-refractivity contribution >= 4 is 11.7 Å². The van der Waals surface area contributed by atoms with Gasteiger partial charge >= 0.3 is 6.03 Å². The van der Waals surface area contributed by atoms with E-state index >= 15 is 0 Å². The number of rotatable bonds is 5. The second-order valence-electron chi connectivity index (χ2n) is 4.41. The first kappa shape index (κ1) is 14.3. The van der Waals surface area contributed by atoms with Crippen LogP contribution in [-0.4, -0.2) is 19.7 Å². The number of amides is 2. The molecule has 1 rings (SSSR count). The molecule has 0 bridgehead atoms. The highest BCUT2D eigenvalue weighted by Gasteiger charge is 2.06. The summed E-state index contributed by atoms with van der Waals surface area (Å²) < 4.78 is 18.2. The summed E-state index contributed by atoms with van der Waals surface area (Å²) in [6, 6.07) is 3.95. The lowest BCUT2D eigenvalue weighted by Gasteiger charge is -2.09. The Morgan fingerprint density at radius 3 is 2.72 bits per heavy atom. The van der Waals surface area contributed by atoms with E-state index in [4.69, 9.17) is 4.74 Å². The molecule has 100 valence electrons. The molecule has 0 aliphatic carbocycles. The normalized spacial score (nSPS) is 10.3. The summed E-state index contributed by atoms with van der Waals surface area (Å²) in [5.41, 5.74) is 0.398. The second kappa shape index (κ2) is 6.83. The number of halogens is 1. The molecule has 0 spiro atoms. The summed E-state index contributed by atoms with van der Waals surface area (Å²) in [6.45, 7) is 4.76. The Morgan fingerprint density at radius 1 is 1.44 bits per heavy atom. The zero-order valence-corrected chi connectivity index (χ0v) is 10.9. The van der Waals surface area contributed by atoms with E-state index in [0.29, 0.717) is 18.2 Å². The minimum Gasteiger partial charge on any atom is -0.494 e. The van der Waals surface area contributed by atoms with Gasteiger partial charge in [0.25, 0.3) is 0 Å². The quantitative estimate of drug-likeness (QED) is 0.848. The molecule has 1 aromatic rings. The molecular weight excluding hydrogens is 235 g/mol. The zero-order valence-electron chi connectivity index (χ0n) is 10.9. The van der Waals surface area contributed by atoms with Gasteiger partial charge in [0.05, 0.1) is 7.11 Å². The molecule has 0 saturated carbocycles. The van der Waals surface area contributed by atoms with Crippen molar-refractivity contribution in [1.29, 1.82) is 0 Å². The maximum atomic E-state index is 13.4. The van der Waals surface area contributed by atoms with E-state index in [-0.39, 0.29) is 11.8 Å². The highest BCUT2D eigenvalue weighted by atomic mass is 19.1. The summed E-state index contributed by atoms with van der Waals surface area (Å²) >= 11 is 0. The van der Waals surface area contributed by atoms with E-state index < -0.39 is 5.82 Å². The summed E-state index contributed by atoms with van der Waals surface area (Å²) in [6.07, 6.45) is 0.907. The van der Waals surface area contributed by atoms with Gasteiger partial charge in [-0.3, -0.25) is 0 Å². The highest BCUT2D eigenvalue weighted by molar-refractivity contribution is 5.89. The van der Waals surface area contributed by atoms with Gasteiger partial charge in [0.2, 0.25) is 0 Å². The van der Waals surface area contributed by atoms with E-state index in [9.17, 15) is 9.18 Å². The van der Waals surface area contributed by atoms with E-state index in [1.165, 1.54) is 19.2 Å². The Hall–Kier alpha value is -1.78. The molecule has 5 heteroatoms. The average molecular weight is 254 g/mol.